The highest BCUT2D eigenvalue weighted by atomic mass is 19.1. The van der Waals surface area contributed by atoms with Crippen LogP contribution in [0.25, 0.3) is 5.69 Å². The van der Waals surface area contributed by atoms with Crippen molar-refractivity contribution < 1.29 is 13.9 Å². The SMILES string of the molecule is COc1cc(=O)n(-c2ccccc2)nc1C(=O)Nc1ccc(C)c(F)c1. The van der Waals surface area contributed by atoms with E-state index in [1.807, 2.05) is 0 Å². The summed E-state index contributed by atoms with van der Waals surface area (Å²) in [5, 5.41) is 6.69. The van der Waals surface area contributed by atoms with Gasteiger partial charge in [0.25, 0.3) is 11.5 Å². The molecule has 26 heavy (non-hydrogen) atoms. The number of aromatic nitrogens is 2. The molecule has 0 bridgehead atoms. The van der Waals surface area contributed by atoms with Gasteiger partial charge < -0.3 is 10.1 Å². The minimum absolute atomic E-state index is 0.0345. The van der Waals surface area contributed by atoms with Gasteiger partial charge in [0.1, 0.15) is 5.82 Å². The van der Waals surface area contributed by atoms with Crippen molar-refractivity contribution in [3.8, 4) is 11.4 Å². The number of methoxy groups -OCH3 is 1. The number of para-hydroxylation sites is 1. The molecular formula is C19H16FN3O3. The molecule has 1 aromatic heterocycles. The summed E-state index contributed by atoms with van der Waals surface area (Å²) in [6.45, 7) is 1.63. The van der Waals surface area contributed by atoms with Gasteiger partial charge in [-0.25, -0.2) is 4.39 Å². The summed E-state index contributed by atoms with van der Waals surface area (Å²) in [6, 6.07) is 14.2. The van der Waals surface area contributed by atoms with Crippen LogP contribution in [0.5, 0.6) is 5.75 Å². The fourth-order valence-corrected chi connectivity index (χ4v) is 2.37. The molecule has 7 heteroatoms. The van der Waals surface area contributed by atoms with Gasteiger partial charge in [0, 0.05) is 5.69 Å². The number of nitrogens with zero attached hydrogens (tertiary/aromatic N) is 2. The van der Waals surface area contributed by atoms with E-state index >= 15 is 0 Å². The van der Waals surface area contributed by atoms with Crippen molar-refractivity contribution in [1.29, 1.82) is 0 Å². The fraction of sp³-hybridized carbons (Fsp3) is 0.105. The van der Waals surface area contributed by atoms with Crippen LogP contribution in [0.3, 0.4) is 0 Å². The van der Waals surface area contributed by atoms with Gasteiger partial charge in [-0.05, 0) is 36.8 Å². The molecule has 0 atom stereocenters. The Morgan fingerprint density at radius 3 is 2.54 bits per heavy atom. The molecule has 3 rings (SSSR count). The zero-order valence-electron chi connectivity index (χ0n) is 14.2. The third-order valence-electron chi connectivity index (χ3n) is 3.76. The van der Waals surface area contributed by atoms with Gasteiger partial charge in [-0.3, -0.25) is 9.59 Å². The molecule has 0 radical (unpaired) electrons. The van der Waals surface area contributed by atoms with Crippen molar-refractivity contribution in [3.63, 3.8) is 0 Å². The molecule has 2 aromatic carbocycles. The van der Waals surface area contributed by atoms with Gasteiger partial charge >= 0.3 is 0 Å². The molecule has 1 heterocycles. The number of hydrogen-bond acceptors (Lipinski definition) is 4. The standard InChI is InChI=1S/C19H16FN3O3/c1-12-8-9-13(10-15(12)20)21-19(25)18-16(26-2)11-17(24)23(22-18)14-6-4-3-5-7-14/h3-11H,1-2H3,(H,21,25). The van der Waals surface area contributed by atoms with Crippen LogP contribution in [0.2, 0.25) is 0 Å². The second kappa shape index (κ2) is 7.18. The minimum Gasteiger partial charge on any atom is -0.494 e. The summed E-state index contributed by atoms with van der Waals surface area (Å²) in [4.78, 5) is 24.8. The summed E-state index contributed by atoms with van der Waals surface area (Å²) in [5.41, 5.74) is 0.731. The van der Waals surface area contributed by atoms with Crippen molar-refractivity contribution in [1.82, 2.24) is 9.78 Å². The van der Waals surface area contributed by atoms with Crippen molar-refractivity contribution in [3.05, 3.63) is 82.0 Å². The van der Waals surface area contributed by atoms with Crippen LogP contribution in [0.4, 0.5) is 10.1 Å². The van der Waals surface area contributed by atoms with E-state index in [0.717, 1.165) is 4.68 Å². The van der Waals surface area contributed by atoms with E-state index in [-0.39, 0.29) is 17.1 Å². The number of nitrogens with one attached hydrogen (secondary N) is 1. The number of carbonyl (C=O) groups is 1. The van der Waals surface area contributed by atoms with E-state index in [9.17, 15) is 14.0 Å². The van der Waals surface area contributed by atoms with Crippen molar-refractivity contribution in [2.24, 2.45) is 0 Å². The number of anilines is 1. The maximum absolute atomic E-state index is 13.7. The molecule has 0 spiro atoms. The number of hydrogen-bond donors (Lipinski definition) is 1. The Bertz CT molecular complexity index is 1020. The number of ether oxygens (including phenoxy) is 1. The summed E-state index contributed by atoms with van der Waals surface area (Å²) in [7, 11) is 1.34. The monoisotopic (exact) mass is 353 g/mol. The molecule has 0 aliphatic heterocycles. The van der Waals surface area contributed by atoms with Crippen LogP contribution in [0.1, 0.15) is 16.1 Å². The Labute approximate surface area is 148 Å². The van der Waals surface area contributed by atoms with Crippen LogP contribution in [0.15, 0.2) is 59.4 Å². The zero-order valence-corrected chi connectivity index (χ0v) is 14.2. The third kappa shape index (κ3) is 3.46. The number of rotatable bonds is 4. The molecular weight excluding hydrogens is 337 g/mol. The van der Waals surface area contributed by atoms with E-state index in [0.29, 0.717) is 11.3 Å². The minimum atomic E-state index is -0.616. The first-order chi connectivity index (χ1) is 12.5. The smallest absolute Gasteiger partial charge is 0.280 e. The van der Waals surface area contributed by atoms with E-state index < -0.39 is 17.3 Å². The molecule has 0 saturated heterocycles. The molecule has 0 saturated carbocycles. The van der Waals surface area contributed by atoms with Crippen molar-refractivity contribution in [2.45, 2.75) is 6.92 Å². The molecule has 1 amide bonds. The van der Waals surface area contributed by atoms with E-state index in [2.05, 4.69) is 10.4 Å². The highest BCUT2D eigenvalue weighted by Crippen LogP contribution is 2.18. The number of aryl methyl sites for hydroxylation is 1. The molecule has 0 fully saturated rings. The van der Waals surface area contributed by atoms with E-state index in [4.69, 9.17) is 4.74 Å². The summed E-state index contributed by atoms with van der Waals surface area (Å²) < 4.78 is 19.9. The number of halogens is 1. The Morgan fingerprint density at radius 2 is 1.88 bits per heavy atom. The molecule has 0 aliphatic rings. The average Bonchev–Trinajstić information content (AvgIpc) is 2.65. The summed E-state index contributed by atoms with van der Waals surface area (Å²) in [6.07, 6.45) is 0. The largest absolute Gasteiger partial charge is 0.494 e. The number of benzene rings is 2. The lowest BCUT2D eigenvalue weighted by Crippen LogP contribution is -2.26. The fourth-order valence-electron chi connectivity index (χ4n) is 2.37. The molecule has 1 N–H and O–H groups in total. The van der Waals surface area contributed by atoms with Gasteiger partial charge in [-0.1, -0.05) is 24.3 Å². The highest BCUT2D eigenvalue weighted by molar-refractivity contribution is 6.04. The van der Waals surface area contributed by atoms with Gasteiger partial charge in [0.05, 0.1) is 18.9 Å². The lowest BCUT2D eigenvalue weighted by Gasteiger charge is -2.11. The predicted octanol–water partition coefficient (Wildman–Crippen LogP) is 2.94. The Hall–Kier alpha value is -3.48. The Morgan fingerprint density at radius 1 is 1.15 bits per heavy atom. The van der Waals surface area contributed by atoms with Crippen molar-refractivity contribution >= 4 is 11.6 Å². The first-order valence-corrected chi connectivity index (χ1v) is 7.81. The second-order valence-electron chi connectivity index (χ2n) is 5.56. The second-order valence-corrected chi connectivity index (χ2v) is 5.56. The van der Waals surface area contributed by atoms with Gasteiger partial charge in [-0.15, -0.1) is 0 Å². The first kappa shape index (κ1) is 17.3. The van der Waals surface area contributed by atoms with Crippen LogP contribution in [-0.2, 0) is 0 Å². The van der Waals surface area contributed by atoms with Crippen molar-refractivity contribution in [2.75, 3.05) is 12.4 Å². The lowest BCUT2D eigenvalue weighted by atomic mass is 10.2. The van der Waals surface area contributed by atoms with Crippen LogP contribution < -0.4 is 15.6 Å². The lowest BCUT2D eigenvalue weighted by molar-refractivity contribution is 0.101. The molecule has 6 nitrogen and oxygen atoms in total. The maximum atomic E-state index is 13.7. The Kier molecular flexibility index (Phi) is 4.79. The molecule has 3 aromatic rings. The maximum Gasteiger partial charge on any atom is 0.280 e. The van der Waals surface area contributed by atoms with E-state index in [1.54, 1.807) is 49.4 Å². The highest BCUT2D eigenvalue weighted by Gasteiger charge is 2.18. The zero-order chi connectivity index (χ0) is 18.7. The molecule has 132 valence electrons. The quantitative estimate of drug-likeness (QED) is 0.783. The predicted molar refractivity (Wildman–Crippen MR) is 95.5 cm³/mol. The van der Waals surface area contributed by atoms with Crippen LogP contribution in [-0.4, -0.2) is 22.8 Å². The summed E-state index contributed by atoms with van der Waals surface area (Å²) in [5.74, 6) is -1.01. The van der Waals surface area contributed by atoms with E-state index in [1.165, 1.54) is 19.2 Å². The Balaban J connectivity index is 2.01. The summed E-state index contributed by atoms with van der Waals surface area (Å²) >= 11 is 0. The first-order valence-electron chi connectivity index (χ1n) is 7.81. The topological polar surface area (TPSA) is 73.2 Å². The van der Waals surface area contributed by atoms with Gasteiger partial charge in [0.15, 0.2) is 11.4 Å². The molecule has 0 aliphatic carbocycles. The average molecular weight is 353 g/mol. The number of amides is 1. The van der Waals surface area contributed by atoms with Gasteiger partial charge in [0.2, 0.25) is 0 Å². The van der Waals surface area contributed by atoms with Gasteiger partial charge in [-0.2, -0.15) is 9.78 Å². The molecule has 0 unspecified atom stereocenters. The number of carbonyl (C=O) groups excluding carboxylic acids is 1. The third-order valence-corrected chi connectivity index (χ3v) is 3.76. The van der Waals surface area contributed by atoms with Crippen LogP contribution in [0, 0.1) is 12.7 Å². The normalized spacial score (nSPS) is 10.4. The van der Waals surface area contributed by atoms with Crippen LogP contribution >= 0.6 is 0 Å².